The molecule has 3 aliphatic heterocycles. The lowest BCUT2D eigenvalue weighted by molar-refractivity contribution is 0.0489. The van der Waals surface area contributed by atoms with E-state index in [9.17, 15) is 0 Å². The second-order valence-electron chi connectivity index (χ2n) is 4.78. The maximum Gasteiger partial charge on any atom is 0.0503 e. The van der Waals surface area contributed by atoms with Gasteiger partial charge in [-0.3, -0.25) is 9.88 Å². The molecule has 3 aliphatic rings. The molecule has 1 aromatic rings. The highest BCUT2D eigenvalue weighted by Crippen LogP contribution is 2.40. The standard InChI is InChI=1S/C12H17N3.3ClH/c13-11-6-10(7-14-8-11)12-5-9-1-3-15(12)4-2-9;;;/h6-9,12H,1-5,13H2;3*1H. The SMILES string of the molecule is Cl.Cl.Cl.Nc1cncc(C2CC3CCN2CC3)c1. The van der Waals surface area contributed by atoms with Gasteiger partial charge < -0.3 is 5.73 Å². The van der Waals surface area contributed by atoms with E-state index in [4.69, 9.17) is 5.73 Å². The highest BCUT2D eigenvalue weighted by atomic mass is 35.5. The molecule has 0 spiro atoms. The Balaban J connectivity index is 0.000000963. The Morgan fingerprint density at radius 1 is 1.11 bits per heavy atom. The van der Waals surface area contributed by atoms with Crippen LogP contribution in [0.25, 0.3) is 0 Å². The molecule has 3 fully saturated rings. The first-order valence-corrected chi connectivity index (χ1v) is 5.77. The van der Waals surface area contributed by atoms with Crippen molar-refractivity contribution in [3.8, 4) is 0 Å². The van der Waals surface area contributed by atoms with Crippen LogP contribution in [-0.2, 0) is 0 Å². The molecule has 0 aliphatic carbocycles. The first-order valence-electron chi connectivity index (χ1n) is 5.77. The molecule has 1 atom stereocenters. The van der Waals surface area contributed by atoms with E-state index in [0.29, 0.717) is 6.04 Å². The van der Waals surface area contributed by atoms with Gasteiger partial charge in [-0.15, -0.1) is 37.2 Å². The van der Waals surface area contributed by atoms with E-state index in [0.717, 1.165) is 11.6 Å². The highest BCUT2D eigenvalue weighted by molar-refractivity contribution is 5.86. The zero-order valence-corrected chi connectivity index (χ0v) is 12.6. The number of nitrogens with two attached hydrogens (primary N) is 1. The molecule has 2 bridgehead atoms. The third-order valence-electron chi connectivity index (χ3n) is 3.81. The molecule has 3 saturated heterocycles. The number of hydrogen-bond donors (Lipinski definition) is 1. The van der Waals surface area contributed by atoms with Crippen molar-refractivity contribution in [2.75, 3.05) is 18.8 Å². The number of hydrogen-bond acceptors (Lipinski definition) is 3. The van der Waals surface area contributed by atoms with Gasteiger partial charge in [0.25, 0.3) is 0 Å². The molecule has 104 valence electrons. The van der Waals surface area contributed by atoms with Gasteiger partial charge in [-0.25, -0.2) is 0 Å². The summed E-state index contributed by atoms with van der Waals surface area (Å²) in [5.41, 5.74) is 7.87. The van der Waals surface area contributed by atoms with Gasteiger partial charge in [0.1, 0.15) is 0 Å². The van der Waals surface area contributed by atoms with Crippen LogP contribution in [0.2, 0.25) is 0 Å². The van der Waals surface area contributed by atoms with Gasteiger partial charge in [0.15, 0.2) is 0 Å². The van der Waals surface area contributed by atoms with E-state index in [2.05, 4.69) is 16.0 Å². The third-order valence-corrected chi connectivity index (χ3v) is 3.81. The van der Waals surface area contributed by atoms with Gasteiger partial charge in [-0.05, 0) is 49.9 Å². The van der Waals surface area contributed by atoms with Crippen LogP contribution < -0.4 is 5.73 Å². The number of nitrogens with zero attached hydrogens (tertiary/aromatic N) is 2. The Kier molecular flexibility index (Phi) is 7.30. The van der Waals surface area contributed by atoms with E-state index in [1.807, 2.05) is 6.20 Å². The van der Waals surface area contributed by atoms with Gasteiger partial charge >= 0.3 is 0 Å². The molecule has 0 amide bonds. The van der Waals surface area contributed by atoms with Crippen molar-refractivity contribution in [3.05, 3.63) is 24.0 Å². The smallest absolute Gasteiger partial charge is 0.0503 e. The molecule has 18 heavy (non-hydrogen) atoms. The monoisotopic (exact) mass is 311 g/mol. The summed E-state index contributed by atoms with van der Waals surface area (Å²) in [5.74, 6) is 0.932. The second-order valence-corrected chi connectivity index (χ2v) is 4.78. The molecule has 2 N–H and O–H groups in total. The first kappa shape index (κ1) is 17.8. The van der Waals surface area contributed by atoms with Gasteiger partial charge in [0, 0.05) is 18.4 Å². The predicted molar refractivity (Wildman–Crippen MR) is 82.0 cm³/mol. The highest BCUT2D eigenvalue weighted by Gasteiger charge is 2.34. The first-order chi connectivity index (χ1) is 7.33. The maximum absolute atomic E-state index is 5.78. The summed E-state index contributed by atoms with van der Waals surface area (Å²) in [7, 11) is 0. The Hall–Kier alpha value is -0.220. The van der Waals surface area contributed by atoms with Crippen LogP contribution in [0, 0.1) is 5.92 Å². The predicted octanol–water partition coefficient (Wildman–Crippen LogP) is 3.09. The molecule has 4 rings (SSSR count). The van der Waals surface area contributed by atoms with Gasteiger partial charge in [0.05, 0.1) is 5.69 Å². The number of anilines is 1. The van der Waals surface area contributed by atoms with Crippen LogP contribution >= 0.6 is 37.2 Å². The van der Waals surface area contributed by atoms with Crippen molar-refractivity contribution in [1.82, 2.24) is 9.88 Å². The minimum Gasteiger partial charge on any atom is -0.397 e. The van der Waals surface area contributed by atoms with E-state index in [1.165, 1.54) is 37.9 Å². The van der Waals surface area contributed by atoms with Gasteiger partial charge in [-0.1, -0.05) is 0 Å². The molecular formula is C12H20Cl3N3. The average Bonchev–Trinajstić information content (AvgIpc) is 2.30. The molecule has 0 radical (unpaired) electrons. The largest absolute Gasteiger partial charge is 0.397 e. The third kappa shape index (κ3) is 3.41. The van der Waals surface area contributed by atoms with Crippen LogP contribution in [0.5, 0.6) is 0 Å². The summed E-state index contributed by atoms with van der Waals surface area (Å²) in [6.45, 7) is 2.51. The number of nitrogen functional groups attached to an aromatic ring is 1. The molecule has 3 nitrogen and oxygen atoms in total. The fraction of sp³-hybridized carbons (Fsp3) is 0.583. The quantitative estimate of drug-likeness (QED) is 0.866. The summed E-state index contributed by atoms with van der Waals surface area (Å²) in [5, 5.41) is 0. The Labute approximate surface area is 127 Å². The summed E-state index contributed by atoms with van der Waals surface area (Å²) >= 11 is 0. The van der Waals surface area contributed by atoms with E-state index in [1.54, 1.807) is 6.20 Å². The number of rotatable bonds is 1. The molecule has 0 saturated carbocycles. The van der Waals surface area contributed by atoms with Crippen molar-refractivity contribution in [3.63, 3.8) is 0 Å². The summed E-state index contributed by atoms with van der Waals surface area (Å²) in [4.78, 5) is 6.77. The van der Waals surface area contributed by atoms with Crippen LogP contribution in [0.1, 0.15) is 30.9 Å². The average molecular weight is 313 g/mol. The van der Waals surface area contributed by atoms with Crippen LogP contribution in [0.15, 0.2) is 18.5 Å². The fourth-order valence-electron chi connectivity index (χ4n) is 2.97. The topological polar surface area (TPSA) is 42.1 Å². The lowest BCUT2D eigenvalue weighted by Crippen LogP contribution is -2.43. The van der Waals surface area contributed by atoms with Gasteiger partial charge in [0.2, 0.25) is 0 Å². The van der Waals surface area contributed by atoms with Crippen molar-refractivity contribution in [1.29, 1.82) is 0 Å². The number of pyridine rings is 1. The van der Waals surface area contributed by atoms with E-state index >= 15 is 0 Å². The normalized spacial score (nSPS) is 28.6. The van der Waals surface area contributed by atoms with Crippen LogP contribution in [0.3, 0.4) is 0 Å². The van der Waals surface area contributed by atoms with Gasteiger partial charge in [-0.2, -0.15) is 0 Å². The second kappa shape index (κ2) is 7.39. The van der Waals surface area contributed by atoms with E-state index in [-0.39, 0.29) is 37.2 Å². The lowest BCUT2D eigenvalue weighted by Gasteiger charge is -2.45. The summed E-state index contributed by atoms with van der Waals surface area (Å²) < 4.78 is 0. The van der Waals surface area contributed by atoms with Crippen LogP contribution in [0.4, 0.5) is 5.69 Å². The zero-order valence-electron chi connectivity index (χ0n) is 10.1. The number of fused-ring (bicyclic) bond motifs is 3. The Bertz CT molecular complexity index is 367. The molecule has 1 aromatic heterocycles. The maximum atomic E-state index is 5.78. The van der Waals surface area contributed by atoms with Crippen LogP contribution in [-0.4, -0.2) is 23.0 Å². The molecular weight excluding hydrogens is 293 g/mol. The zero-order chi connectivity index (χ0) is 10.3. The number of halogens is 3. The fourth-order valence-corrected chi connectivity index (χ4v) is 2.97. The molecule has 6 heteroatoms. The Morgan fingerprint density at radius 2 is 1.78 bits per heavy atom. The molecule has 1 unspecified atom stereocenters. The van der Waals surface area contributed by atoms with Crippen molar-refractivity contribution in [2.45, 2.75) is 25.3 Å². The minimum atomic E-state index is 0. The minimum absolute atomic E-state index is 0. The Morgan fingerprint density at radius 3 is 2.28 bits per heavy atom. The lowest BCUT2D eigenvalue weighted by atomic mass is 9.81. The number of aromatic nitrogens is 1. The van der Waals surface area contributed by atoms with Crippen molar-refractivity contribution in [2.24, 2.45) is 5.92 Å². The number of piperidine rings is 3. The van der Waals surface area contributed by atoms with E-state index < -0.39 is 0 Å². The van der Waals surface area contributed by atoms with Crippen molar-refractivity contribution < 1.29 is 0 Å². The van der Waals surface area contributed by atoms with Crippen molar-refractivity contribution >= 4 is 42.9 Å². The summed E-state index contributed by atoms with van der Waals surface area (Å²) in [6.07, 6.45) is 7.76. The molecule has 0 aromatic carbocycles. The summed E-state index contributed by atoms with van der Waals surface area (Å²) in [6, 6.07) is 2.66. The molecule has 4 heterocycles.